The third-order valence-corrected chi connectivity index (χ3v) is 6.27. The Balaban J connectivity index is 1.63. The monoisotopic (exact) mass is 494 g/mol. The third kappa shape index (κ3) is 6.06. The first kappa shape index (κ1) is 23.7. The molecule has 3 aromatic rings. The zero-order valence-corrected chi connectivity index (χ0v) is 19.5. The van der Waals surface area contributed by atoms with Crippen LogP contribution >= 0.6 is 23.2 Å². The number of hydrogen-bond acceptors (Lipinski definition) is 5. The minimum Gasteiger partial charge on any atom is -0.497 e. The van der Waals surface area contributed by atoms with Gasteiger partial charge in [-0.1, -0.05) is 23.2 Å². The van der Waals surface area contributed by atoms with Crippen LogP contribution in [0.1, 0.15) is 6.92 Å². The van der Waals surface area contributed by atoms with Crippen molar-refractivity contribution in [1.82, 2.24) is 0 Å². The SMILES string of the molecule is COc1ccc(NS(=O)(=O)c2ccc(NC(=O)C(C)Oc3ccc(Cl)cc3Cl)cc2)cc1. The molecule has 0 bridgehead atoms. The Labute approximate surface area is 196 Å². The van der Waals surface area contributed by atoms with Gasteiger partial charge < -0.3 is 14.8 Å². The van der Waals surface area contributed by atoms with E-state index in [4.69, 9.17) is 32.7 Å². The lowest BCUT2D eigenvalue weighted by molar-refractivity contribution is -0.122. The molecular weight excluding hydrogens is 475 g/mol. The molecule has 0 saturated carbocycles. The summed E-state index contributed by atoms with van der Waals surface area (Å²) in [4.78, 5) is 12.5. The van der Waals surface area contributed by atoms with Gasteiger partial charge in [0.25, 0.3) is 15.9 Å². The molecule has 0 fully saturated rings. The van der Waals surface area contributed by atoms with Crippen molar-refractivity contribution in [2.45, 2.75) is 17.9 Å². The number of amides is 1. The number of sulfonamides is 1. The van der Waals surface area contributed by atoms with Crippen LogP contribution in [0.15, 0.2) is 71.6 Å². The molecule has 2 N–H and O–H groups in total. The molecule has 7 nitrogen and oxygen atoms in total. The lowest BCUT2D eigenvalue weighted by atomic mass is 10.3. The van der Waals surface area contributed by atoms with Crippen LogP contribution in [0.2, 0.25) is 10.0 Å². The fourth-order valence-corrected chi connectivity index (χ4v) is 4.16. The van der Waals surface area contributed by atoms with E-state index in [1.165, 1.54) is 37.4 Å². The van der Waals surface area contributed by atoms with Crippen LogP contribution in [0, 0.1) is 0 Å². The van der Waals surface area contributed by atoms with Crippen molar-refractivity contribution in [2.24, 2.45) is 0 Å². The van der Waals surface area contributed by atoms with E-state index < -0.39 is 22.0 Å². The summed E-state index contributed by atoms with van der Waals surface area (Å²) in [5.74, 6) is 0.511. The molecule has 32 heavy (non-hydrogen) atoms. The lowest BCUT2D eigenvalue weighted by Crippen LogP contribution is -2.30. The van der Waals surface area contributed by atoms with E-state index in [0.717, 1.165) is 0 Å². The number of rotatable bonds is 8. The maximum atomic E-state index is 12.6. The Morgan fingerprint density at radius 3 is 2.16 bits per heavy atom. The minimum atomic E-state index is -3.80. The van der Waals surface area contributed by atoms with Gasteiger partial charge in [0, 0.05) is 16.4 Å². The Hall–Kier alpha value is -2.94. The van der Waals surface area contributed by atoms with Crippen molar-refractivity contribution in [1.29, 1.82) is 0 Å². The van der Waals surface area contributed by atoms with Gasteiger partial charge in [0.05, 0.1) is 17.0 Å². The van der Waals surface area contributed by atoms with Crippen LogP contribution in [0.4, 0.5) is 11.4 Å². The van der Waals surface area contributed by atoms with Crippen LogP contribution in [-0.4, -0.2) is 27.5 Å². The molecule has 0 heterocycles. The fourth-order valence-electron chi connectivity index (χ4n) is 2.65. The number of anilines is 2. The molecule has 10 heteroatoms. The smallest absolute Gasteiger partial charge is 0.265 e. The van der Waals surface area contributed by atoms with Gasteiger partial charge in [-0.15, -0.1) is 0 Å². The summed E-state index contributed by atoms with van der Waals surface area (Å²) in [5, 5.41) is 3.41. The molecule has 3 rings (SSSR count). The van der Waals surface area contributed by atoms with E-state index >= 15 is 0 Å². The average molecular weight is 495 g/mol. The van der Waals surface area contributed by atoms with E-state index in [1.54, 1.807) is 43.3 Å². The Morgan fingerprint density at radius 2 is 1.56 bits per heavy atom. The molecule has 1 amide bonds. The maximum Gasteiger partial charge on any atom is 0.265 e. The number of hydrogen-bond donors (Lipinski definition) is 2. The van der Waals surface area contributed by atoms with Gasteiger partial charge in [-0.25, -0.2) is 8.42 Å². The molecule has 3 aromatic carbocycles. The zero-order chi connectivity index (χ0) is 23.3. The summed E-state index contributed by atoms with van der Waals surface area (Å²) in [6.07, 6.45) is -0.853. The highest BCUT2D eigenvalue weighted by Crippen LogP contribution is 2.28. The first-order valence-corrected chi connectivity index (χ1v) is 11.6. The molecule has 0 aliphatic rings. The van der Waals surface area contributed by atoms with Crippen LogP contribution in [0.3, 0.4) is 0 Å². The van der Waals surface area contributed by atoms with E-state index in [1.807, 2.05) is 0 Å². The molecule has 0 radical (unpaired) electrons. The van der Waals surface area contributed by atoms with Gasteiger partial charge in [-0.05, 0) is 73.7 Å². The molecule has 0 spiro atoms. The van der Waals surface area contributed by atoms with E-state index in [0.29, 0.717) is 27.9 Å². The van der Waals surface area contributed by atoms with E-state index in [-0.39, 0.29) is 9.92 Å². The molecule has 168 valence electrons. The number of benzene rings is 3. The quantitative estimate of drug-likeness (QED) is 0.448. The number of methoxy groups -OCH3 is 1. The van der Waals surface area contributed by atoms with E-state index in [2.05, 4.69) is 10.0 Å². The highest BCUT2D eigenvalue weighted by atomic mass is 35.5. The summed E-state index contributed by atoms with van der Waals surface area (Å²) < 4.78 is 38.3. The largest absolute Gasteiger partial charge is 0.497 e. The van der Waals surface area contributed by atoms with Gasteiger partial charge >= 0.3 is 0 Å². The van der Waals surface area contributed by atoms with Gasteiger partial charge in [-0.3, -0.25) is 9.52 Å². The molecule has 0 saturated heterocycles. The Morgan fingerprint density at radius 1 is 0.938 bits per heavy atom. The van der Waals surface area contributed by atoms with E-state index in [9.17, 15) is 13.2 Å². The number of carbonyl (C=O) groups is 1. The van der Waals surface area contributed by atoms with Crippen molar-refractivity contribution >= 4 is 50.5 Å². The first-order chi connectivity index (χ1) is 15.2. The summed E-state index contributed by atoms with van der Waals surface area (Å²) in [5.41, 5.74) is 0.811. The van der Waals surface area contributed by atoms with Crippen molar-refractivity contribution in [3.8, 4) is 11.5 Å². The molecule has 0 aromatic heterocycles. The summed E-state index contributed by atoms with van der Waals surface area (Å²) in [6.45, 7) is 1.57. The lowest BCUT2D eigenvalue weighted by Gasteiger charge is -2.16. The van der Waals surface area contributed by atoms with Gasteiger partial charge in [-0.2, -0.15) is 0 Å². The summed E-state index contributed by atoms with van der Waals surface area (Å²) >= 11 is 11.9. The van der Waals surface area contributed by atoms with Crippen molar-refractivity contribution < 1.29 is 22.7 Å². The molecule has 1 unspecified atom stereocenters. The number of nitrogens with one attached hydrogen (secondary N) is 2. The van der Waals surface area contributed by atoms with Crippen molar-refractivity contribution in [3.63, 3.8) is 0 Å². The highest BCUT2D eigenvalue weighted by molar-refractivity contribution is 7.92. The predicted molar refractivity (Wildman–Crippen MR) is 125 cm³/mol. The molecule has 0 aliphatic heterocycles. The summed E-state index contributed by atoms with van der Waals surface area (Å²) in [6, 6.07) is 16.9. The normalized spacial score (nSPS) is 12.0. The minimum absolute atomic E-state index is 0.0450. The molecule has 1 atom stereocenters. The van der Waals surface area contributed by atoms with Crippen LogP contribution < -0.4 is 19.5 Å². The number of halogens is 2. The second kappa shape index (κ2) is 10.1. The predicted octanol–water partition coefficient (Wildman–Crippen LogP) is 5.21. The topological polar surface area (TPSA) is 93.7 Å². The standard InChI is InChI=1S/C22H20Cl2N2O5S/c1-14(31-21-12-3-15(23)13-20(21)24)22(27)25-16-6-10-19(11-7-16)32(28,29)26-17-4-8-18(30-2)9-5-17/h3-14,26H,1-2H3,(H,25,27). The van der Waals surface area contributed by atoms with Crippen LogP contribution in [0.5, 0.6) is 11.5 Å². The van der Waals surface area contributed by atoms with Crippen LogP contribution in [-0.2, 0) is 14.8 Å². The maximum absolute atomic E-state index is 12.6. The average Bonchev–Trinajstić information content (AvgIpc) is 2.76. The highest BCUT2D eigenvalue weighted by Gasteiger charge is 2.18. The first-order valence-electron chi connectivity index (χ1n) is 9.37. The fraction of sp³-hybridized carbons (Fsp3) is 0.136. The van der Waals surface area contributed by atoms with Crippen molar-refractivity contribution in [3.05, 3.63) is 76.8 Å². The number of ether oxygens (including phenoxy) is 2. The molecule has 0 aliphatic carbocycles. The third-order valence-electron chi connectivity index (χ3n) is 4.34. The number of carbonyl (C=O) groups excluding carboxylic acids is 1. The second-order valence-corrected chi connectivity index (χ2v) is 9.21. The Kier molecular flexibility index (Phi) is 7.50. The summed E-state index contributed by atoms with van der Waals surface area (Å²) in [7, 11) is -2.27. The zero-order valence-electron chi connectivity index (χ0n) is 17.1. The molecular formula is C22H20Cl2N2O5S. The second-order valence-electron chi connectivity index (χ2n) is 6.68. The van der Waals surface area contributed by atoms with Gasteiger partial charge in [0.15, 0.2) is 6.10 Å². The Bertz CT molecular complexity index is 1200. The van der Waals surface area contributed by atoms with Gasteiger partial charge in [0.2, 0.25) is 0 Å². The van der Waals surface area contributed by atoms with Crippen molar-refractivity contribution in [2.75, 3.05) is 17.1 Å². The van der Waals surface area contributed by atoms with Crippen LogP contribution in [0.25, 0.3) is 0 Å². The van der Waals surface area contributed by atoms with Gasteiger partial charge in [0.1, 0.15) is 11.5 Å².